The number of unbranched alkanes of at least 4 members (excludes halogenated alkanes) is 1. The molecule has 1 heterocycles. The number of hydrogen-bond donors (Lipinski definition) is 1. The van der Waals surface area contributed by atoms with E-state index in [2.05, 4.69) is 12.2 Å². The van der Waals surface area contributed by atoms with Crippen LogP contribution in [0.15, 0.2) is 72.3 Å². The van der Waals surface area contributed by atoms with Crippen LogP contribution in [0.3, 0.4) is 0 Å². The van der Waals surface area contributed by atoms with Crippen molar-refractivity contribution in [2.75, 3.05) is 18.1 Å². The van der Waals surface area contributed by atoms with Gasteiger partial charge in [-0.25, -0.2) is 9.69 Å². The Bertz CT molecular complexity index is 1360. The largest absolute Gasteiger partial charge is 0.494 e. The molecule has 202 valence electrons. The summed E-state index contributed by atoms with van der Waals surface area (Å²) >= 11 is 0. The lowest BCUT2D eigenvalue weighted by atomic mass is 10.1. The number of anilines is 1. The van der Waals surface area contributed by atoms with E-state index in [0.717, 1.165) is 23.3 Å². The van der Waals surface area contributed by atoms with Crippen LogP contribution in [-0.4, -0.2) is 31.1 Å². The molecule has 0 atom stereocenters. The third-order valence-corrected chi connectivity index (χ3v) is 6.06. The summed E-state index contributed by atoms with van der Waals surface area (Å²) in [7, 11) is 0. The number of carbonyl (C=O) groups is 3. The van der Waals surface area contributed by atoms with E-state index in [1.54, 1.807) is 42.5 Å². The van der Waals surface area contributed by atoms with E-state index in [9.17, 15) is 14.4 Å². The molecule has 0 saturated carbocycles. The first-order valence-corrected chi connectivity index (χ1v) is 13.0. The highest BCUT2D eigenvalue weighted by atomic mass is 16.5. The number of nitrogens with zero attached hydrogens (tertiary/aromatic N) is 1. The van der Waals surface area contributed by atoms with Gasteiger partial charge >= 0.3 is 6.03 Å². The SMILES string of the molecule is CCCCOc1ccc(N2C(=O)NC(=O)/C(=C/c3ccc(OCc4ccc(C)cc4)c(OCC)c3)C2=O)cc1. The maximum absolute atomic E-state index is 13.3. The minimum atomic E-state index is -0.809. The Morgan fingerprint density at radius 3 is 2.28 bits per heavy atom. The van der Waals surface area contributed by atoms with Gasteiger partial charge in [0.15, 0.2) is 11.5 Å². The zero-order valence-electron chi connectivity index (χ0n) is 22.4. The number of amides is 4. The van der Waals surface area contributed by atoms with Crippen molar-refractivity contribution >= 4 is 29.6 Å². The fourth-order valence-corrected chi connectivity index (χ4v) is 3.93. The zero-order chi connectivity index (χ0) is 27.8. The predicted octanol–water partition coefficient (Wildman–Crippen LogP) is 5.82. The second-order valence-electron chi connectivity index (χ2n) is 9.07. The summed E-state index contributed by atoms with van der Waals surface area (Å²) in [5.41, 5.74) is 2.89. The predicted molar refractivity (Wildman–Crippen MR) is 149 cm³/mol. The van der Waals surface area contributed by atoms with Gasteiger partial charge in [0.2, 0.25) is 0 Å². The van der Waals surface area contributed by atoms with Gasteiger partial charge in [-0.05, 0) is 73.9 Å². The number of imide groups is 2. The van der Waals surface area contributed by atoms with Gasteiger partial charge in [0.25, 0.3) is 11.8 Å². The van der Waals surface area contributed by atoms with Crippen LogP contribution in [0, 0.1) is 6.92 Å². The number of ether oxygens (including phenoxy) is 3. The molecule has 0 spiro atoms. The van der Waals surface area contributed by atoms with Gasteiger partial charge in [0, 0.05) is 0 Å². The molecular formula is C31H32N2O6. The lowest BCUT2D eigenvalue weighted by Crippen LogP contribution is -2.54. The van der Waals surface area contributed by atoms with Crippen LogP contribution >= 0.6 is 0 Å². The first kappa shape index (κ1) is 27.4. The van der Waals surface area contributed by atoms with Crippen molar-refractivity contribution in [3.8, 4) is 17.2 Å². The summed E-state index contributed by atoms with van der Waals surface area (Å²) in [6, 6.07) is 19.0. The number of aryl methyl sites for hydroxylation is 1. The molecule has 8 heteroatoms. The van der Waals surface area contributed by atoms with Crippen molar-refractivity contribution in [1.82, 2.24) is 5.32 Å². The molecule has 8 nitrogen and oxygen atoms in total. The monoisotopic (exact) mass is 528 g/mol. The normalized spacial score (nSPS) is 14.4. The Labute approximate surface area is 228 Å². The van der Waals surface area contributed by atoms with E-state index in [1.165, 1.54) is 11.6 Å². The summed E-state index contributed by atoms with van der Waals surface area (Å²) in [5.74, 6) is 0.169. The molecule has 39 heavy (non-hydrogen) atoms. The molecule has 1 fully saturated rings. The Morgan fingerprint density at radius 2 is 1.59 bits per heavy atom. The van der Waals surface area contributed by atoms with E-state index in [0.29, 0.717) is 48.3 Å². The molecule has 1 aliphatic heterocycles. The van der Waals surface area contributed by atoms with Crippen molar-refractivity contribution in [3.05, 3.63) is 89.0 Å². The van der Waals surface area contributed by atoms with Crippen LogP contribution in [-0.2, 0) is 16.2 Å². The maximum Gasteiger partial charge on any atom is 0.335 e. The Kier molecular flexibility index (Phi) is 8.99. The van der Waals surface area contributed by atoms with Crippen molar-refractivity contribution < 1.29 is 28.6 Å². The number of benzene rings is 3. The van der Waals surface area contributed by atoms with E-state index in [4.69, 9.17) is 14.2 Å². The fourth-order valence-electron chi connectivity index (χ4n) is 3.93. The standard InChI is InChI=1S/C31H32N2O6/c1-4-6-17-38-25-14-12-24(13-15-25)33-30(35)26(29(34)32-31(33)36)18-23-11-16-27(28(19-23)37-5-2)39-20-22-9-7-21(3)8-10-22/h7-16,18-19H,4-6,17,20H2,1-3H3,(H,32,34,36)/b26-18-. The molecule has 0 bridgehead atoms. The van der Waals surface area contributed by atoms with Gasteiger partial charge < -0.3 is 14.2 Å². The highest BCUT2D eigenvalue weighted by molar-refractivity contribution is 6.39. The molecule has 4 amide bonds. The fraction of sp³-hybridized carbons (Fsp3) is 0.258. The Morgan fingerprint density at radius 1 is 0.846 bits per heavy atom. The first-order valence-electron chi connectivity index (χ1n) is 13.0. The third kappa shape index (κ3) is 6.84. The van der Waals surface area contributed by atoms with Crippen LogP contribution in [0.5, 0.6) is 17.2 Å². The quantitative estimate of drug-likeness (QED) is 0.192. The van der Waals surface area contributed by atoms with Gasteiger partial charge in [-0.1, -0.05) is 49.2 Å². The average Bonchev–Trinajstić information content (AvgIpc) is 2.92. The summed E-state index contributed by atoms with van der Waals surface area (Å²) < 4.78 is 17.4. The van der Waals surface area contributed by atoms with Gasteiger partial charge in [-0.2, -0.15) is 0 Å². The highest BCUT2D eigenvalue weighted by Crippen LogP contribution is 2.31. The Balaban J connectivity index is 1.54. The first-order chi connectivity index (χ1) is 18.9. The number of nitrogens with one attached hydrogen (secondary N) is 1. The molecule has 0 aromatic heterocycles. The maximum atomic E-state index is 13.3. The van der Waals surface area contributed by atoms with Crippen molar-refractivity contribution in [3.63, 3.8) is 0 Å². The van der Waals surface area contributed by atoms with Gasteiger partial charge in [-0.3, -0.25) is 14.9 Å². The second-order valence-corrected chi connectivity index (χ2v) is 9.07. The lowest BCUT2D eigenvalue weighted by molar-refractivity contribution is -0.122. The molecule has 1 aliphatic rings. The molecule has 3 aromatic rings. The number of rotatable bonds is 11. The van der Waals surface area contributed by atoms with E-state index >= 15 is 0 Å². The van der Waals surface area contributed by atoms with E-state index in [1.807, 2.05) is 38.1 Å². The molecule has 0 radical (unpaired) electrons. The molecule has 3 aromatic carbocycles. The Hall–Kier alpha value is -4.59. The summed E-state index contributed by atoms with van der Waals surface area (Å²) in [5, 5.41) is 2.25. The average molecular weight is 529 g/mol. The van der Waals surface area contributed by atoms with Gasteiger partial charge in [-0.15, -0.1) is 0 Å². The molecule has 4 rings (SSSR count). The molecule has 0 aliphatic carbocycles. The topological polar surface area (TPSA) is 94.2 Å². The summed E-state index contributed by atoms with van der Waals surface area (Å²) in [6.45, 7) is 7.31. The minimum absolute atomic E-state index is 0.173. The highest BCUT2D eigenvalue weighted by Gasteiger charge is 2.36. The molecular weight excluding hydrogens is 496 g/mol. The summed E-state index contributed by atoms with van der Waals surface area (Å²) in [4.78, 5) is 39.4. The van der Waals surface area contributed by atoms with Crippen LogP contribution in [0.25, 0.3) is 6.08 Å². The third-order valence-electron chi connectivity index (χ3n) is 6.06. The van der Waals surface area contributed by atoms with Crippen LogP contribution in [0.4, 0.5) is 10.5 Å². The number of hydrogen-bond acceptors (Lipinski definition) is 6. The van der Waals surface area contributed by atoms with Crippen LogP contribution in [0.1, 0.15) is 43.4 Å². The molecule has 1 N–H and O–H groups in total. The number of carbonyl (C=O) groups excluding carboxylic acids is 3. The lowest BCUT2D eigenvalue weighted by Gasteiger charge is -2.26. The van der Waals surface area contributed by atoms with Crippen molar-refractivity contribution in [1.29, 1.82) is 0 Å². The van der Waals surface area contributed by atoms with Crippen molar-refractivity contribution in [2.24, 2.45) is 0 Å². The zero-order valence-corrected chi connectivity index (χ0v) is 22.4. The van der Waals surface area contributed by atoms with Crippen molar-refractivity contribution in [2.45, 2.75) is 40.2 Å². The minimum Gasteiger partial charge on any atom is -0.494 e. The van der Waals surface area contributed by atoms with E-state index in [-0.39, 0.29) is 5.57 Å². The van der Waals surface area contributed by atoms with Gasteiger partial charge in [0.05, 0.1) is 18.9 Å². The number of barbiturate groups is 1. The second kappa shape index (κ2) is 12.8. The molecule has 0 unspecified atom stereocenters. The van der Waals surface area contributed by atoms with E-state index < -0.39 is 17.8 Å². The number of urea groups is 1. The summed E-state index contributed by atoms with van der Waals surface area (Å²) in [6.07, 6.45) is 3.38. The smallest absolute Gasteiger partial charge is 0.335 e. The molecule has 1 saturated heterocycles. The van der Waals surface area contributed by atoms with Crippen LogP contribution < -0.4 is 24.4 Å². The van der Waals surface area contributed by atoms with Crippen LogP contribution in [0.2, 0.25) is 0 Å². The van der Waals surface area contributed by atoms with Gasteiger partial charge in [0.1, 0.15) is 17.9 Å².